The summed E-state index contributed by atoms with van der Waals surface area (Å²) in [5, 5.41) is 10.7. The van der Waals surface area contributed by atoms with Gasteiger partial charge in [-0.1, -0.05) is 12.6 Å². The lowest BCUT2D eigenvalue weighted by Gasteiger charge is -2.35. The van der Waals surface area contributed by atoms with Crippen molar-refractivity contribution in [2.75, 3.05) is 56.6 Å². The number of anilines is 2. The molecule has 2 N–H and O–H groups in total. The lowest BCUT2D eigenvalue weighted by Crippen LogP contribution is -2.48. The Morgan fingerprint density at radius 3 is 2.81 bits per heavy atom. The molecule has 2 amide bonds. The summed E-state index contributed by atoms with van der Waals surface area (Å²) in [6.45, 7) is 7.31. The first-order valence-corrected chi connectivity index (χ1v) is 12.1. The highest BCUT2D eigenvalue weighted by Gasteiger charge is 2.25. The number of piperazine rings is 1. The number of H-pyrrole nitrogens is 1. The Bertz CT molecular complexity index is 1270. The molecule has 1 aromatic carbocycles. The summed E-state index contributed by atoms with van der Waals surface area (Å²) >= 11 is 0. The first kappa shape index (κ1) is 23.7. The van der Waals surface area contributed by atoms with E-state index in [4.69, 9.17) is 4.74 Å². The molecule has 36 heavy (non-hydrogen) atoms. The van der Waals surface area contributed by atoms with Gasteiger partial charge in [0, 0.05) is 43.7 Å². The maximum absolute atomic E-state index is 13.3. The smallest absolute Gasteiger partial charge is 0.319 e. The van der Waals surface area contributed by atoms with E-state index in [1.54, 1.807) is 17.2 Å². The summed E-state index contributed by atoms with van der Waals surface area (Å²) in [6, 6.07) is 7.69. The molecule has 4 heterocycles. The van der Waals surface area contributed by atoms with E-state index >= 15 is 0 Å². The van der Waals surface area contributed by atoms with Crippen molar-refractivity contribution in [1.29, 1.82) is 0 Å². The van der Waals surface area contributed by atoms with Gasteiger partial charge < -0.3 is 24.8 Å². The number of nitrogens with zero attached hydrogens (tertiary/aromatic N) is 6. The van der Waals surface area contributed by atoms with Crippen LogP contribution < -0.4 is 15.0 Å². The molecule has 11 nitrogen and oxygen atoms in total. The average molecular weight is 491 g/mol. The van der Waals surface area contributed by atoms with Crippen molar-refractivity contribution in [3.63, 3.8) is 0 Å². The molecule has 2 aliphatic rings. The van der Waals surface area contributed by atoms with Crippen LogP contribution in [0.15, 0.2) is 43.1 Å². The predicted octanol–water partition coefficient (Wildman–Crippen LogP) is 1.91. The van der Waals surface area contributed by atoms with E-state index in [1.165, 1.54) is 6.08 Å². The fourth-order valence-corrected chi connectivity index (χ4v) is 4.66. The maximum Gasteiger partial charge on any atom is 0.319 e. The summed E-state index contributed by atoms with van der Waals surface area (Å²) < 4.78 is 6.00. The number of fused-ring (bicyclic) bond motifs is 1. The number of likely N-dealkylation sites (N-methyl/N-ethyl adjacent to an activating group) is 1. The van der Waals surface area contributed by atoms with Gasteiger partial charge >= 0.3 is 6.01 Å². The summed E-state index contributed by atoms with van der Waals surface area (Å²) in [5.41, 5.74) is 1.67. The number of carbonyl (C=O) groups is 2. The minimum atomic E-state index is -0.365. The Kier molecular flexibility index (Phi) is 6.81. The highest BCUT2D eigenvalue weighted by molar-refractivity contribution is 6.08. The van der Waals surface area contributed by atoms with E-state index in [2.05, 4.69) is 44.0 Å². The minimum Gasteiger partial charge on any atom is -0.462 e. The average Bonchev–Trinajstić information content (AvgIpc) is 3.56. The Hall–Kier alpha value is -3.99. The zero-order chi connectivity index (χ0) is 25.1. The molecule has 0 saturated carbocycles. The van der Waals surface area contributed by atoms with Crippen LogP contribution in [0.1, 0.15) is 23.3 Å². The first-order valence-electron chi connectivity index (χ1n) is 12.1. The number of amides is 2. The minimum absolute atomic E-state index is 0.0875. The highest BCUT2D eigenvalue weighted by atomic mass is 16.5. The maximum atomic E-state index is 13.3. The van der Waals surface area contributed by atoms with Crippen LogP contribution in [0.25, 0.3) is 10.9 Å². The summed E-state index contributed by atoms with van der Waals surface area (Å²) in [5.74, 6) is 0.142. The molecule has 2 saturated heterocycles. The molecule has 1 atom stereocenters. The van der Waals surface area contributed by atoms with Gasteiger partial charge in [-0.2, -0.15) is 15.1 Å². The molecule has 0 aliphatic carbocycles. The van der Waals surface area contributed by atoms with Gasteiger partial charge in [-0.25, -0.2) is 0 Å². The predicted molar refractivity (Wildman–Crippen MR) is 136 cm³/mol. The largest absolute Gasteiger partial charge is 0.462 e. The molecule has 0 unspecified atom stereocenters. The molecule has 0 radical (unpaired) electrons. The summed E-state index contributed by atoms with van der Waals surface area (Å²) in [6.07, 6.45) is 5.19. The quantitative estimate of drug-likeness (QED) is 0.482. The molecule has 2 fully saturated rings. The Labute approximate surface area is 209 Å². The SMILES string of the molecule is C=CC(=O)N1CCN(c2cc(C(=O)Nc3cccc4[nH]ncc34)nc(OC[C@@H]3CCCN3C)n2)CC1. The number of aromatic amines is 1. The van der Waals surface area contributed by atoms with Crippen molar-refractivity contribution >= 4 is 34.2 Å². The number of ether oxygens (including phenoxy) is 1. The second-order valence-corrected chi connectivity index (χ2v) is 9.09. The standard InChI is InChI=1S/C25H30N8O3/c1-3-23(34)33-12-10-32(11-13-33)22-14-21(28-25(29-22)36-16-17-6-5-9-31(17)2)24(35)27-19-7-4-8-20-18(19)15-26-30-20/h3-4,7-8,14-15,17H,1,5-6,9-13,16H2,2H3,(H,26,30)(H,27,35)/t17-/m0/s1. The molecule has 5 rings (SSSR count). The third-order valence-corrected chi connectivity index (χ3v) is 6.82. The number of aromatic nitrogens is 4. The number of nitrogens with one attached hydrogen (secondary N) is 2. The van der Waals surface area contributed by atoms with E-state index in [9.17, 15) is 9.59 Å². The van der Waals surface area contributed by atoms with Crippen LogP contribution in [0.3, 0.4) is 0 Å². The third kappa shape index (κ3) is 5.01. The third-order valence-electron chi connectivity index (χ3n) is 6.82. The van der Waals surface area contributed by atoms with Crippen molar-refractivity contribution in [2.45, 2.75) is 18.9 Å². The van der Waals surface area contributed by atoms with Crippen LogP contribution in [0.4, 0.5) is 11.5 Å². The molecule has 3 aromatic rings. The van der Waals surface area contributed by atoms with Crippen molar-refractivity contribution in [3.8, 4) is 6.01 Å². The van der Waals surface area contributed by atoms with Gasteiger partial charge in [0.2, 0.25) is 5.91 Å². The second kappa shape index (κ2) is 10.3. The van der Waals surface area contributed by atoms with Gasteiger partial charge in [0.1, 0.15) is 18.1 Å². The van der Waals surface area contributed by atoms with Gasteiger partial charge in [-0.05, 0) is 44.6 Å². The zero-order valence-corrected chi connectivity index (χ0v) is 20.3. The Balaban J connectivity index is 1.38. The van der Waals surface area contributed by atoms with Crippen molar-refractivity contribution < 1.29 is 14.3 Å². The molecule has 11 heteroatoms. The normalized spacial score (nSPS) is 18.4. The fraction of sp³-hybridized carbons (Fsp3) is 0.400. The van der Waals surface area contributed by atoms with Crippen LogP contribution >= 0.6 is 0 Å². The second-order valence-electron chi connectivity index (χ2n) is 9.09. The van der Waals surface area contributed by atoms with Gasteiger partial charge in [0.25, 0.3) is 5.91 Å². The van der Waals surface area contributed by atoms with E-state index in [1.807, 2.05) is 23.1 Å². The van der Waals surface area contributed by atoms with Crippen LogP contribution in [0, 0.1) is 0 Å². The molecular formula is C25H30N8O3. The van der Waals surface area contributed by atoms with E-state index in [0.717, 1.165) is 30.3 Å². The van der Waals surface area contributed by atoms with Gasteiger partial charge in [-0.3, -0.25) is 14.7 Å². The fourth-order valence-electron chi connectivity index (χ4n) is 4.66. The number of rotatable bonds is 7. The van der Waals surface area contributed by atoms with Crippen LogP contribution in [0.2, 0.25) is 0 Å². The number of benzene rings is 1. The molecule has 2 aliphatic heterocycles. The Morgan fingerprint density at radius 1 is 1.22 bits per heavy atom. The van der Waals surface area contributed by atoms with Crippen molar-refractivity contribution in [1.82, 2.24) is 30.0 Å². The molecule has 188 valence electrons. The molecule has 0 spiro atoms. The van der Waals surface area contributed by atoms with Crippen LogP contribution in [0.5, 0.6) is 6.01 Å². The van der Waals surface area contributed by atoms with E-state index in [0.29, 0.717) is 50.3 Å². The van der Waals surface area contributed by atoms with Crippen LogP contribution in [-0.4, -0.2) is 94.2 Å². The highest BCUT2D eigenvalue weighted by Crippen LogP contribution is 2.24. The monoisotopic (exact) mass is 490 g/mol. The lowest BCUT2D eigenvalue weighted by atomic mass is 10.2. The summed E-state index contributed by atoms with van der Waals surface area (Å²) in [4.78, 5) is 40.4. The number of carbonyl (C=O) groups excluding carboxylic acids is 2. The van der Waals surface area contributed by atoms with E-state index in [-0.39, 0.29) is 23.5 Å². The lowest BCUT2D eigenvalue weighted by molar-refractivity contribution is -0.126. The van der Waals surface area contributed by atoms with Crippen molar-refractivity contribution in [2.24, 2.45) is 0 Å². The topological polar surface area (TPSA) is 120 Å². The Morgan fingerprint density at radius 2 is 2.06 bits per heavy atom. The number of hydrogen-bond donors (Lipinski definition) is 2. The van der Waals surface area contributed by atoms with Gasteiger partial charge in [-0.15, -0.1) is 0 Å². The molecular weight excluding hydrogens is 460 g/mol. The molecule has 0 bridgehead atoms. The van der Waals surface area contributed by atoms with E-state index < -0.39 is 0 Å². The van der Waals surface area contributed by atoms with Crippen LogP contribution in [-0.2, 0) is 4.79 Å². The van der Waals surface area contributed by atoms with Crippen molar-refractivity contribution in [3.05, 3.63) is 48.8 Å². The van der Waals surface area contributed by atoms with Gasteiger partial charge in [0.15, 0.2) is 0 Å². The number of hydrogen-bond acceptors (Lipinski definition) is 8. The number of likely N-dealkylation sites (tertiary alicyclic amines) is 1. The summed E-state index contributed by atoms with van der Waals surface area (Å²) in [7, 11) is 2.08. The van der Waals surface area contributed by atoms with Gasteiger partial charge in [0.05, 0.1) is 17.4 Å². The first-order chi connectivity index (χ1) is 17.5. The molecule has 2 aromatic heterocycles. The zero-order valence-electron chi connectivity index (χ0n) is 20.3.